The lowest BCUT2D eigenvalue weighted by molar-refractivity contribution is 0.425. The lowest BCUT2D eigenvalue weighted by Gasteiger charge is -2.11. The molecule has 6 nitrogen and oxygen atoms in total. The number of nitrogens with zero attached hydrogens (tertiary/aromatic N) is 4. The lowest BCUT2D eigenvalue weighted by Crippen LogP contribution is -2.21. The molecule has 0 amide bonds. The fourth-order valence-electron chi connectivity index (χ4n) is 1.58. The van der Waals surface area contributed by atoms with Gasteiger partial charge in [-0.1, -0.05) is 29.3 Å². The van der Waals surface area contributed by atoms with E-state index >= 15 is 0 Å². The first-order chi connectivity index (χ1) is 10.1. The van der Waals surface area contributed by atoms with Crippen LogP contribution in [0.15, 0.2) is 24.4 Å². The first-order valence-electron chi connectivity index (χ1n) is 6.35. The molecular formula is C13H16Cl2N6. The first kappa shape index (κ1) is 15.8. The molecule has 2 aromatic rings. The summed E-state index contributed by atoms with van der Waals surface area (Å²) in [6, 6.07) is 5.28. The number of para-hydroxylation sites is 1. The Morgan fingerprint density at radius 2 is 1.90 bits per heavy atom. The van der Waals surface area contributed by atoms with Crippen LogP contribution < -0.4 is 10.6 Å². The maximum Gasteiger partial charge on any atom is 0.244 e. The number of nitrogens with one attached hydrogen (secondary N) is 2. The van der Waals surface area contributed by atoms with E-state index in [1.165, 1.54) is 6.20 Å². The highest BCUT2D eigenvalue weighted by Crippen LogP contribution is 2.31. The van der Waals surface area contributed by atoms with Crippen molar-refractivity contribution in [3.63, 3.8) is 0 Å². The van der Waals surface area contributed by atoms with E-state index in [1.54, 1.807) is 18.2 Å². The fourth-order valence-corrected chi connectivity index (χ4v) is 2.07. The van der Waals surface area contributed by atoms with Crippen LogP contribution in [-0.2, 0) is 0 Å². The van der Waals surface area contributed by atoms with Crippen LogP contribution in [0.4, 0.5) is 17.5 Å². The van der Waals surface area contributed by atoms with E-state index < -0.39 is 0 Å². The summed E-state index contributed by atoms with van der Waals surface area (Å²) in [6.45, 7) is 1.60. The number of anilines is 3. The van der Waals surface area contributed by atoms with Crippen molar-refractivity contribution in [2.24, 2.45) is 0 Å². The quantitative estimate of drug-likeness (QED) is 0.850. The van der Waals surface area contributed by atoms with Gasteiger partial charge in [-0.2, -0.15) is 10.1 Å². The summed E-state index contributed by atoms with van der Waals surface area (Å²) in [7, 11) is 4.00. The molecule has 0 aliphatic rings. The fraction of sp³-hybridized carbons (Fsp3) is 0.308. The predicted molar refractivity (Wildman–Crippen MR) is 86.6 cm³/mol. The van der Waals surface area contributed by atoms with Crippen LogP contribution in [0.5, 0.6) is 0 Å². The molecule has 0 fully saturated rings. The zero-order valence-electron chi connectivity index (χ0n) is 11.8. The van der Waals surface area contributed by atoms with E-state index in [4.69, 9.17) is 23.2 Å². The third kappa shape index (κ3) is 4.70. The number of hydrogen-bond donors (Lipinski definition) is 2. The molecule has 0 unspecified atom stereocenters. The Kier molecular flexibility index (Phi) is 5.55. The van der Waals surface area contributed by atoms with E-state index in [9.17, 15) is 0 Å². The zero-order chi connectivity index (χ0) is 15.2. The van der Waals surface area contributed by atoms with Crippen LogP contribution >= 0.6 is 23.2 Å². The molecule has 2 rings (SSSR count). The van der Waals surface area contributed by atoms with E-state index in [0.717, 1.165) is 13.1 Å². The topological polar surface area (TPSA) is 66.0 Å². The molecule has 1 heterocycles. The second kappa shape index (κ2) is 7.40. The minimum atomic E-state index is 0.449. The minimum absolute atomic E-state index is 0.449. The summed E-state index contributed by atoms with van der Waals surface area (Å²) >= 11 is 12.2. The number of rotatable bonds is 6. The Balaban J connectivity index is 2.07. The molecular weight excluding hydrogens is 311 g/mol. The number of hydrogen-bond acceptors (Lipinski definition) is 6. The number of benzene rings is 1. The SMILES string of the molecule is CN(C)CCNc1nncc(Nc2c(Cl)cccc2Cl)n1. The van der Waals surface area contributed by atoms with Crippen LogP contribution in [0, 0.1) is 0 Å². The van der Waals surface area contributed by atoms with Gasteiger partial charge in [-0.05, 0) is 26.2 Å². The van der Waals surface area contributed by atoms with Crippen LogP contribution in [-0.4, -0.2) is 47.3 Å². The van der Waals surface area contributed by atoms with Crippen molar-refractivity contribution < 1.29 is 0 Å². The van der Waals surface area contributed by atoms with Crippen molar-refractivity contribution in [1.29, 1.82) is 0 Å². The molecule has 112 valence electrons. The van der Waals surface area contributed by atoms with Gasteiger partial charge in [0.05, 0.1) is 21.9 Å². The number of aromatic nitrogens is 3. The maximum atomic E-state index is 6.11. The van der Waals surface area contributed by atoms with Gasteiger partial charge < -0.3 is 15.5 Å². The third-order valence-corrected chi connectivity index (χ3v) is 3.25. The molecule has 2 N–H and O–H groups in total. The Hall–Kier alpha value is -1.63. The molecule has 21 heavy (non-hydrogen) atoms. The van der Waals surface area contributed by atoms with Gasteiger partial charge in [0.25, 0.3) is 0 Å². The monoisotopic (exact) mass is 326 g/mol. The Labute approximate surface area is 133 Å². The summed E-state index contributed by atoms with van der Waals surface area (Å²) in [5, 5.41) is 15.0. The molecule has 0 aliphatic carbocycles. The number of likely N-dealkylation sites (N-methyl/N-ethyl adjacent to an activating group) is 1. The lowest BCUT2D eigenvalue weighted by atomic mass is 10.3. The largest absolute Gasteiger partial charge is 0.352 e. The third-order valence-electron chi connectivity index (χ3n) is 2.62. The van der Waals surface area contributed by atoms with Crippen molar-refractivity contribution in [1.82, 2.24) is 20.1 Å². The van der Waals surface area contributed by atoms with Crippen molar-refractivity contribution >= 4 is 40.7 Å². The summed E-state index contributed by atoms with van der Waals surface area (Å²) in [5.74, 6) is 0.970. The summed E-state index contributed by atoms with van der Waals surface area (Å²) < 4.78 is 0. The molecule has 0 saturated heterocycles. The van der Waals surface area contributed by atoms with Gasteiger partial charge >= 0.3 is 0 Å². The molecule has 8 heteroatoms. The van der Waals surface area contributed by atoms with Crippen molar-refractivity contribution in [2.45, 2.75) is 0 Å². The Morgan fingerprint density at radius 1 is 1.19 bits per heavy atom. The highest BCUT2D eigenvalue weighted by atomic mass is 35.5. The van der Waals surface area contributed by atoms with Crippen molar-refractivity contribution in [2.75, 3.05) is 37.8 Å². The Bertz CT molecular complexity index is 585. The van der Waals surface area contributed by atoms with Crippen molar-refractivity contribution in [3.8, 4) is 0 Å². The van der Waals surface area contributed by atoms with Crippen molar-refractivity contribution in [3.05, 3.63) is 34.4 Å². The van der Waals surface area contributed by atoms with Gasteiger partial charge in [-0.25, -0.2) is 0 Å². The molecule has 0 aliphatic heterocycles. The second-order valence-corrected chi connectivity index (χ2v) is 5.43. The average molecular weight is 327 g/mol. The second-order valence-electron chi connectivity index (χ2n) is 4.62. The van der Waals surface area contributed by atoms with Crippen LogP contribution in [0.25, 0.3) is 0 Å². The summed E-state index contributed by atoms with van der Waals surface area (Å²) in [6.07, 6.45) is 1.51. The summed E-state index contributed by atoms with van der Waals surface area (Å²) in [4.78, 5) is 6.38. The van der Waals surface area contributed by atoms with E-state index in [2.05, 4.69) is 30.7 Å². The van der Waals surface area contributed by atoms with Crippen LogP contribution in [0.3, 0.4) is 0 Å². The predicted octanol–water partition coefficient (Wildman–Crippen LogP) is 2.90. The first-order valence-corrected chi connectivity index (χ1v) is 7.11. The number of halogens is 2. The van der Waals surface area contributed by atoms with E-state index in [-0.39, 0.29) is 0 Å². The molecule has 1 aromatic carbocycles. The highest BCUT2D eigenvalue weighted by molar-refractivity contribution is 6.39. The smallest absolute Gasteiger partial charge is 0.244 e. The van der Waals surface area contributed by atoms with Crippen LogP contribution in [0.2, 0.25) is 10.0 Å². The van der Waals surface area contributed by atoms with Gasteiger partial charge in [0.15, 0.2) is 5.82 Å². The molecule has 0 spiro atoms. The van der Waals surface area contributed by atoms with Gasteiger partial charge in [0, 0.05) is 13.1 Å². The highest BCUT2D eigenvalue weighted by Gasteiger charge is 2.07. The average Bonchev–Trinajstić information content (AvgIpc) is 2.43. The van der Waals surface area contributed by atoms with Gasteiger partial charge in [-0.3, -0.25) is 0 Å². The van der Waals surface area contributed by atoms with Gasteiger partial charge in [0.2, 0.25) is 5.95 Å². The van der Waals surface area contributed by atoms with Crippen LogP contribution in [0.1, 0.15) is 0 Å². The Morgan fingerprint density at radius 3 is 2.57 bits per heavy atom. The molecule has 0 saturated carbocycles. The standard InChI is InChI=1S/C13H16Cl2N6/c1-21(2)7-6-16-13-19-11(8-17-20-13)18-12-9(14)4-3-5-10(12)15/h3-5,8H,6-7H2,1-2H3,(H2,16,18,19,20). The van der Waals surface area contributed by atoms with Gasteiger partial charge in [0.1, 0.15) is 0 Å². The molecule has 0 radical (unpaired) electrons. The molecule has 1 aromatic heterocycles. The zero-order valence-corrected chi connectivity index (χ0v) is 13.3. The molecule has 0 bridgehead atoms. The van der Waals surface area contributed by atoms with Gasteiger partial charge in [-0.15, -0.1) is 5.10 Å². The normalized spacial score (nSPS) is 10.7. The minimum Gasteiger partial charge on any atom is -0.352 e. The van der Waals surface area contributed by atoms with E-state index in [1.807, 2.05) is 14.1 Å². The molecule has 0 atom stereocenters. The van der Waals surface area contributed by atoms with E-state index in [0.29, 0.717) is 27.5 Å². The maximum absolute atomic E-state index is 6.11. The summed E-state index contributed by atoms with van der Waals surface area (Å²) in [5.41, 5.74) is 0.598.